The molecule has 0 radical (unpaired) electrons. The SMILES string of the molecule is CC(C)(C)OC(=O)CNC(=O)c1c(O)c2cccc(-c3ccc(Cl)c(Cl)c3)c2oc1=O. The van der Waals surface area contributed by atoms with E-state index < -0.39 is 41.0 Å². The number of hydrogen-bond donors (Lipinski definition) is 2. The van der Waals surface area contributed by atoms with E-state index in [4.69, 9.17) is 32.4 Å². The summed E-state index contributed by atoms with van der Waals surface area (Å²) in [4.78, 5) is 36.8. The van der Waals surface area contributed by atoms with Crippen molar-refractivity contribution in [2.75, 3.05) is 6.54 Å². The molecule has 0 spiro atoms. The molecule has 0 aliphatic heterocycles. The second-order valence-electron chi connectivity index (χ2n) is 7.69. The molecule has 162 valence electrons. The molecule has 2 N–H and O–H groups in total. The Morgan fingerprint density at radius 1 is 1.13 bits per heavy atom. The quantitative estimate of drug-likeness (QED) is 0.434. The lowest BCUT2D eigenvalue weighted by Crippen LogP contribution is -2.36. The number of carbonyl (C=O) groups is 2. The summed E-state index contributed by atoms with van der Waals surface area (Å²) in [6, 6.07) is 9.67. The van der Waals surface area contributed by atoms with Crippen molar-refractivity contribution in [3.8, 4) is 16.9 Å². The van der Waals surface area contributed by atoms with Gasteiger partial charge in [-0.25, -0.2) is 4.79 Å². The van der Waals surface area contributed by atoms with E-state index in [1.165, 1.54) is 6.07 Å². The van der Waals surface area contributed by atoms with Crippen LogP contribution in [-0.2, 0) is 9.53 Å². The highest BCUT2D eigenvalue weighted by Crippen LogP contribution is 2.35. The van der Waals surface area contributed by atoms with Crippen molar-refractivity contribution in [2.24, 2.45) is 0 Å². The normalized spacial score (nSPS) is 11.4. The van der Waals surface area contributed by atoms with Crippen molar-refractivity contribution in [1.29, 1.82) is 0 Å². The number of nitrogens with one attached hydrogen (secondary N) is 1. The molecular formula is C22H19Cl2NO6. The molecule has 1 amide bonds. The third-order valence-electron chi connectivity index (χ3n) is 4.18. The van der Waals surface area contributed by atoms with E-state index >= 15 is 0 Å². The molecule has 0 fully saturated rings. The van der Waals surface area contributed by atoms with Gasteiger partial charge in [0.25, 0.3) is 5.91 Å². The van der Waals surface area contributed by atoms with Gasteiger partial charge in [0, 0.05) is 5.56 Å². The van der Waals surface area contributed by atoms with Crippen LogP contribution in [0.5, 0.6) is 5.75 Å². The lowest BCUT2D eigenvalue weighted by molar-refractivity contribution is -0.153. The minimum atomic E-state index is -1.06. The average molecular weight is 464 g/mol. The van der Waals surface area contributed by atoms with E-state index in [1.807, 2.05) is 0 Å². The van der Waals surface area contributed by atoms with Crippen molar-refractivity contribution < 1.29 is 23.8 Å². The first-order valence-corrected chi connectivity index (χ1v) is 9.98. The second kappa shape index (κ2) is 8.61. The highest BCUT2D eigenvalue weighted by molar-refractivity contribution is 6.42. The summed E-state index contributed by atoms with van der Waals surface area (Å²) in [5.41, 5.74) is -1.24. The number of halogens is 2. The molecule has 0 aliphatic carbocycles. The summed E-state index contributed by atoms with van der Waals surface area (Å²) >= 11 is 12.0. The Hall–Kier alpha value is -3.03. The number of fused-ring (bicyclic) bond motifs is 1. The highest BCUT2D eigenvalue weighted by atomic mass is 35.5. The van der Waals surface area contributed by atoms with Gasteiger partial charge in [0.05, 0.1) is 15.4 Å². The zero-order valence-corrected chi connectivity index (χ0v) is 18.4. The van der Waals surface area contributed by atoms with Gasteiger partial charge in [-0.1, -0.05) is 41.4 Å². The predicted octanol–water partition coefficient (Wildman–Crippen LogP) is 4.54. The molecule has 0 aliphatic rings. The van der Waals surface area contributed by atoms with Crippen molar-refractivity contribution >= 4 is 46.0 Å². The van der Waals surface area contributed by atoms with Gasteiger partial charge < -0.3 is 19.6 Å². The van der Waals surface area contributed by atoms with Crippen molar-refractivity contribution in [3.63, 3.8) is 0 Å². The predicted molar refractivity (Wildman–Crippen MR) is 118 cm³/mol. The standard InChI is InChI=1S/C22H19Cl2NO6/c1-22(2,3)31-16(26)10-25-20(28)17-18(27)13-6-4-5-12(19(13)30-21(17)29)11-7-8-14(23)15(24)9-11/h4-9,27H,10H2,1-3H3,(H,25,28). The maximum absolute atomic E-state index is 12.5. The molecule has 1 heterocycles. The van der Waals surface area contributed by atoms with E-state index in [-0.39, 0.29) is 11.0 Å². The molecule has 31 heavy (non-hydrogen) atoms. The number of ether oxygens (including phenoxy) is 1. The molecule has 0 unspecified atom stereocenters. The Kier molecular flexibility index (Phi) is 6.29. The number of esters is 1. The van der Waals surface area contributed by atoms with Gasteiger partial charge in [-0.3, -0.25) is 9.59 Å². The fourth-order valence-electron chi connectivity index (χ4n) is 2.92. The third kappa shape index (κ3) is 5.00. The van der Waals surface area contributed by atoms with Crippen LogP contribution < -0.4 is 10.9 Å². The van der Waals surface area contributed by atoms with Gasteiger partial charge in [0.15, 0.2) is 5.56 Å². The van der Waals surface area contributed by atoms with Crippen LogP contribution in [0.25, 0.3) is 22.1 Å². The van der Waals surface area contributed by atoms with Gasteiger partial charge in [-0.15, -0.1) is 0 Å². The smallest absolute Gasteiger partial charge is 0.353 e. The van der Waals surface area contributed by atoms with Gasteiger partial charge in [-0.05, 0) is 44.5 Å². The first-order chi connectivity index (χ1) is 14.5. The lowest BCUT2D eigenvalue weighted by Gasteiger charge is -2.19. The molecule has 0 saturated carbocycles. The molecule has 0 saturated heterocycles. The van der Waals surface area contributed by atoms with Gasteiger partial charge in [-0.2, -0.15) is 0 Å². The summed E-state index contributed by atoms with van der Waals surface area (Å²) < 4.78 is 10.5. The first-order valence-electron chi connectivity index (χ1n) is 9.22. The fraction of sp³-hybridized carbons (Fsp3) is 0.227. The lowest BCUT2D eigenvalue weighted by atomic mass is 10.0. The number of para-hydroxylation sites is 1. The number of hydrogen-bond acceptors (Lipinski definition) is 6. The molecule has 1 aromatic heterocycles. The molecule has 3 rings (SSSR count). The zero-order chi connectivity index (χ0) is 22.9. The van der Waals surface area contributed by atoms with Crippen molar-refractivity contribution in [1.82, 2.24) is 5.32 Å². The summed E-state index contributed by atoms with van der Waals surface area (Å²) in [6.07, 6.45) is 0. The van der Waals surface area contributed by atoms with E-state index in [0.29, 0.717) is 21.2 Å². The molecule has 9 heteroatoms. The monoisotopic (exact) mass is 463 g/mol. The van der Waals surface area contributed by atoms with E-state index in [0.717, 1.165) is 0 Å². The summed E-state index contributed by atoms with van der Waals surface area (Å²) in [7, 11) is 0. The maximum atomic E-state index is 12.5. The van der Waals surface area contributed by atoms with Crippen LogP contribution >= 0.6 is 23.2 Å². The Bertz CT molecular complexity index is 1240. The number of carbonyl (C=O) groups excluding carboxylic acids is 2. The van der Waals surface area contributed by atoms with Crippen molar-refractivity contribution in [2.45, 2.75) is 26.4 Å². The number of amides is 1. The topological polar surface area (TPSA) is 106 Å². The molecule has 0 bridgehead atoms. The number of aromatic hydroxyl groups is 1. The molecule has 0 atom stereocenters. The summed E-state index contributed by atoms with van der Waals surface area (Å²) in [5.74, 6) is -2.21. The van der Waals surface area contributed by atoms with Crippen LogP contribution in [-0.4, -0.2) is 29.1 Å². The van der Waals surface area contributed by atoms with E-state index in [1.54, 1.807) is 51.1 Å². The summed E-state index contributed by atoms with van der Waals surface area (Å²) in [5, 5.41) is 13.7. The van der Waals surface area contributed by atoms with Gasteiger partial charge in [0.1, 0.15) is 23.5 Å². The second-order valence-corrected chi connectivity index (χ2v) is 8.51. The van der Waals surface area contributed by atoms with Crippen LogP contribution in [0, 0.1) is 0 Å². The number of benzene rings is 2. The molecule has 3 aromatic rings. The zero-order valence-electron chi connectivity index (χ0n) is 16.9. The van der Waals surface area contributed by atoms with Crippen LogP contribution in [0.15, 0.2) is 45.6 Å². The minimum Gasteiger partial charge on any atom is -0.506 e. The van der Waals surface area contributed by atoms with Gasteiger partial charge >= 0.3 is 11.6 Å². The van der Waals surface area contributed by atoms with Crippen molar-refractivity contribution in [3.05, 3.63) is 62.4 Å². The van der Waals surface area contributed by atoms with Crippen LogP contribution in [0.1, 0.15) is 31.1 Å². The van der Waals surface area contributed by atoms with Gasteiger partial charge in [0.2, 0.25) is 0 Å². The largest absolute Gasteiger partial charge is 0.506 e. The van der Waals surface area contributed by atoms with Crippen LogP contribution in [0.3, 0.4) is 0 Å². The molecule has 7 nitrogen and oxygen atoms in total. The Labute approximate surface area is 187 Å². The molecule has 2 aromatic carbocycles. The third-order valence-corrected chi connectivity index (χ3v) is 4.92. The maximum Gasteiger partial charge on any atom is 0.353 e. The average Bonchev–Trinajstić information content (AvgIpc) is 2.67. The number of rotatable bonds is 4. The van der Waals surface area contributed by atoms with E-state index in [9.17, 15) is 19.5 Å². The Morgan fingerprint density at radius 3 is 2.48 bits per heavy atom. The fourth-order valence-corrected chi connectivity index (χ4v) is 3.22. The van der Waals surface area contributed by atoms with E-state index in [2.05, 4.69) is 5.32 Å². The van der Waals surface area contributed by atoms with Crippen LogP contribution in [0.2, 0.25) is 10.0 Å². The highest BCUT2D eigenvalue weighted by Gasteiger charge is 2.24. The summed E-state index contributed by atoms with van der Waals surface area (Å²) in [6.45, 7) is 4.57. The minimum absolute atomic E-state index is 0.0760. The molecular weight excluding hydrogens is 445 g/mol. The Morgan fingerprint density at radius 2 is 1.84 bits per heavy atom. The first kappa shape index (κ1) is 22.7. The van der Waals surface area contributed by atoms with Crippen LogP contribution in [0.4, 0.5) is 0 Å². The Balaban J connectivity index is 1.99.